The summed E-state index contributed by atoms with van der Waals surface area (Å²) in [6.07, 6.45) is -1.67. The molecule has 12 heteroatoms. The number of benzene rings is 1. The summed E-state index contributed by atoms with van der Waals surface area (Å²) < 4.78 is 46.7. The van der Waals surface area contributed by atoms with Crippen molar-refractivity contribution in [2.75, 3.05) is 36.1 Å². The lowest BCUT2D eigenvalue weighted by atomic mass is 10.1. The molecule has 1 spiro atoms. The largest absolute Gasteiger partial charge is 0.573 e. The Bertz CT molecular complexity index is 1180. The lowest BCUT2D eigenvalue weighted by Gasteiger charge is -2.29. The number of imide groups is 1. The molecule has 3 fully saturated rings. The number of amides is 4. The summed E-state index contributed by atoms with van der Waals surface area (Å²) in [6.45, 7) is 3.39. The highest BCUT2D eigenvalue weighted by atomic mass is 19.4. The van der Waals surface area contributed by atoms with Crippen LogP contribution in [0.1, 0.15) is 23.7 Å². The molecule has 1 aromatic carbocycles. The molecule has 184 valence electrons. The molecular formula is C23H21F3N4O5. The van der Waals surface area contributed by atoms with E-state index < -0.39 is 29.6 Å². The van der Waals surface area contributed by atoms with Gasteiger partial charge < -0.3 is 14.4 Å². The van der Waals surface area contributed by atoms with E-state index in [0.717, 1.165) is 17.0 Å². The van der Waals surface area contributed by atoms with Crippen molar-refractivity contribution >= 4 is 29.2 Å². The maximum absolute atomic E-state index is 13.6. The third-order valence-corrected chi connectivity index (χ3v) is 6.52. The van der Waals surface area contributed by atoms with Gasteiger partial charge in [0, 0.05) is 25.5 Å². The Balaban J connectivity index is 1.50. The molecule has 1 aliphatic carbocycles. The third kappa shape index (κ3) is 3.87. The van der Waals surface area contributed by atoms with Crippen molar-refractivity contribution in [3.8, 4) is 5.75 Å². The minimum absolute atomic E-state index is 0.102. The predicted octanol–water partition coefficient (Wildman–Crippen LogP) is 3.20. The van der Waals surface area contributed by atoms with Gasteiger partial charge in [-0.3, -0.25) is 19.5 Å². The molecular weight excluding hydrogens is 469 g/mol. The fraction of sp³-hybridized carbons (Fsp3) is 0.391. The molecule has 2 saturated heterocycles. The number of aromatic nitrogens is 1. The Morgan fingerprint density at radius 2 is 1.80 bits per heavy atom. The van der Waals surface area contributed by atoms with Crippen LogP contribution >= 0.6 is 0 Å². The number of nitrogens with zero attached hydrogens (tertiary/aromatic N) is 4. The molecule has 0 N–H and O–H groups in total. The number of carbonyl (C=O) groups excluding carboxylic acids is 3. The summed E-state index contributed by atoms with van der Waals surface area (Å²) in [5, 5.41) is 0. The summed E-state index contributed by atoms with van der Waals surface area (Å²) in [7, 11) is 0. The van der Waals surface area contributed by atoms with Crippen molar-refractivity contribution in [1.82, 2.24) is 9.88 Å². The van der Waals surface area contributed by atoms with E-state index in [0.29, 0.717) is 32.7 Å². The van der Waals surface area contributed by atoms with Gasteiger partial charge in [-0.1, -0.05) is 6.92 Å². The third-order valence-electron chi connectivity index (χ3n) is 6.52. The Morgan fingerprint density at radius 3 is 2.40 bits per heavy atom. The van der Waals surface area contributed by atoms with Crippen LogP contribution in [0.3, 0.4) is 0 Å². The molecule has 2 atom stereocenters. The summed E-state index contributed by atoms with van der Waals surface area (Å²) in [5.41, 5.74) is -0.631. The van der Waals surface area contributed by atoms with Crippen molar-refractivity contribution in [3.63, 3.8) is 0 Å². The molecule has 0 radical (unpaired) electrons. The molecule has 9 nitrogen and oxygen atoms in total. The maximum Gasteiger partial charge on any atom is 0.573 e. The van der Waals surface area contributed by atoms with E-state index in [9.17, 15) is 27.6 Å². The van der Waals surface area contributed by atoms with Crippen LogP contribution < -0.4 is 14.5 Å². The molecule has 0 bridgehead atoms. The second-order valence-electron chi connectivity index (χ2n) is 8.63. The SMILES string of the molecule is CC1CC12C(=O)N(c1ccc(OC(F)(F)F)cc1)C(=O)N2c1ccncc1C(=O)N1CCOCC1. The van der Waals surface area contributed by atoms with Gasteiger partial charge in [-0.05, 0) is 42.7 Å². The van der Waals surface area contributed by atoms with E-state index in [1.807, 2.05) is 6.92 Å². The van der Waals surface area contributed by atoms with Crippen LogP contribution in [-0.4, -0.2) is 65.9 Å². The van der Waals surface area contributed by atoms with Crippen LogP contribution in [0.2, 0.25) is 0 Å². The van der Waals surface area contributed by atoms with Crippen molar-refractivity contribution in [3.05, 3.63) is 48.3 Å². The van der Waals surface area contributed by atoms with Gasteiger partial charge in [-0.25, -0.2) is 9.69 Å². The first-order chi connectivity index (χ1) is 16.6. The molecule has 4 amide bonds. The fourth-order valence-corrected chi connectivity index (χ4v) is 4.69. The highest BCUT2D eigenvalue weighted by Crippen LogP contribution is 2.56. The monoisotopic (exact) mass is 490 g/mol. The van der Waals surface area contributed by atoms with Crippen LogP contribution in [0.15, 0.2) is 42.7 Å². The second kappa shape index (κ2) is 8.22. The highest BCUT2D eigenvalue weighted by Gasteiger charge is 2.71. The first-order valence-corrected chi connectivity index (χ1v) is 11.0. The number of alkyl halides is 3. The Morgan fingerprint density at radius 1 is 1.14 bits per heavy atom. The van der Waals surface area contributed by atoms with E-state index in [2.05, 4.69) is 9.72 Å². The number of pyridine rings is 1. The number of urea groups is 1. The number of carbonyl (C=O) groups is 3. The summed E-state index contributed by atoms with van der Waals surface area (Å²) in [5.74, 6) is -1.48. The van der Waals surface area contributed by atoms with Gasteiger partial charge in [0.15, 0.2) is 0 Å². The Labute approximate surface area is 198 Å². The number of rotatable bonds is 4. The maximum atomic E-state index is 13.6. The van der Waals surface area contributed by atoms with Gasteiger partial charge in [0.2, 0.25) is 0 Å². The minimum Gasteiger partial charge on any atom is -0.406 e. The Kier molecular flexibility index (Phi) is 5.42. The van der Waals surface area contributed by atoms with Crippen LogP contribution in [0.4, 0.5) is 29.3 Å². The quantitative estimate of drug-likeness (QED) is 0.612. The number of ether oxygens (including phenoxy) is 2. The number of morpholine rings is 1. The van der Waals surface area contributed by atoms with Crippen molar-refractivity contribution in [2.24, 2.45) is 5.92 Å². The van der Waals surface area contributed by atoms with Gasteiger partial charge in [-0.15, -0.1) is 13.2 Å². The van der Waals surface area contributed by atoms with Crippen molar-refractivity contribution < 1.29 is 37.0 Å². The zero-order valence-electron chi connectivity index (χ0n) is 18.6. The van der Waals surface area contributed by atoms with E-state index in [4.69, 9.17) is 4.74 Å². The van der Waals surface area contributed by atoms with E-state index in [1.54, 1.807) is 4.90 Å². The number of halogens is 3. The first-order valence-electron chi connectivity index (χ1n) is 11.0. The lowest BCUT2D eigenvalue weighted by molar-refractivity contribution is -0.274. The van der Waals surface area contributed by atoms with Gasteiger partial charge in [0.05, 0.1) is 30.2 Å². The molecule has 3 heterocycles. The predicted molar refractivity (Wildman–Crippen MR) is 116 cm³/mol. The van der Waals surface area contributed by atoms with E-state index >= 15 is 0 Å². The molecule has 3 aliphatic rings. The second-order valence-corrected chi connectivity index (χ2v) is 8.63. The smallest absolute Gasteiger partial charge is 0.406 e. The molecule has 2 aliphatic heterocycles. The highest BCUT2D eigenvalue weighted by molar-refractivity contribution is 6.32. The number of hydrogen-bond donors (Lipinski definition) is 0. The van der Waals surface area contributed by atoms with Crippen LogP contribution in [0, 0.1) is 5.92 Å². The average Bonchev–Trinajstić information content (AvgIpc) is 3.45. The van der Waals surface area contributed by atoms with Gasteiger partial charge in [0.1, 0.15) is 11.3 Å². The number of anilines is 2. The number of hydrogen-bond acceptors (Lipinski definition) is 6. The van der Waals surface area contributed by atoms with E-state index in [1.165, 1.54) is 35.5 Å². The fourth-order valence-electron chi connectivity index (χ4n) is 4.69. The van der Waals surface area contributed by atoms with Gasteiger partial charge in [-0.2, -0.15) is 0 Å². The first kappa shape index (κ1) is 23.1. The molecule has 1 saturated carbocycles. The Hall–Kier alpha value is -3.67. The van der Waals surface area contributed by atoms with Crippen LogP contribution in [0.25, 0.3) is 0 Å². The zero-order chi connectivity index (χ0) is 25.0. The topological polar surface area (TPSA) is 92.3 Å². The van der Waals surface area contributed by atoms with Crippen molar-refractivity contribution in [1.29, 1.82) is 0 Å². The molecule has 2 unspecified atom stereocenters. The standard InChI is InChI=1S/C23H21F3N4O5/c1-14-12-22(14)20(32)29(15-2-4-16(5-3-15)35-23(24,25)26)21(33)30(22)18-6-7-27-13-17(18)19(31)28-8-10-34-11-9-28/h2-7,13-14H,8-12H2,1H3. The summed E-state index contributed by atoms with van der Waals surface area (Å²) in [4.78, 5) is 48.3. The lowest BCUT2D eigenvalue weighted by Crippen LogP contribution is -2.43. The molecule has 5 rings (SSSR count). The summed E-state index contributed by atoms with van der Waals surface area (Å²) in [6, 6.07) is 5.34. The van der Waals surface area contributed by atoms with Gasteiger partial charge >= 0.3 is 12.4 Å². The normalized spacial score (nSPS) is 24.3. The molecule has 1 aromatic heterocycles. The minimum atomic E-state index is -4.87. The van der Waals surface area contributed by atoms with Gasteiger partial charge in [0.25, 0.3) is 11.8 Å². The molecule has 2 aromatic rings. The molecule has 35 heavy (non-hydrogen) atoms. The van der Waals surface area contributed by atoms with Crippen LogP contribution in [0.5, 0.6) is 5.75 Å². The average molecular weight is 490 g/mol. The van der Waals surface area contributed by atoms with E-state index in [-0.39, 0.29) is 28.8 Å². The summed E-state index contributed by atoms with van der Waals surface area (Å²) >= 11 is 0. The zero-order valence-corrected chi connectivity index (χ0v) is 18.6. The van der Waals surface area contributed by atoms with Crippen molar-refractivity contribution in [2.45, 2.75) is 25.2 Å². The van der Waals surface area contributed by atoms with Crippen LogP contribution in [-0.2, 0) is 9.53 Å².